The minimum absolute atomic E-state index is 0.0588. The van der Waals surface area contributed by atoms with E-state index in [1.54, 1.807) is 14.2 Å². The van der Waals surface area contributed by atoms with E-state index in [1.807, 2.05) is 0 Å². The molecule has 0 fully saturated rings. The molecule has 0 saturated carbocycles. The second kappa shape index (κ2) is 6.15. The number of hydrogen-bond acceptors (Lipinski definition) is 2. The molecule has 1 aliphatic carbocycles. The highest BCUT2D eigenvalue weighted by atomic mass is 16.5. The molecular weight excluding hydrogens is 188 g/mol. The average Bonchev–Trinajstić information content (AvgIpc) is 2.17. The van der Waals surface area contributed by atoms with Crippen molar-refractivity contribution in [2.24, 2.45) is 11.8 Å². The van der Waals surface area contributed by atoms with Gasteiger partial charge in [-0.05, 0) is 24.7 Å². The fourth-order valence-corrected chi connectivity index (χ4v) is 2.10. The molecule has 0 aromatic rings. The molecule has 0 aliphatic heterocycles. The maximum absolute atomic E-state index is 5.48. The maximum atomic E-state index is 5.48. The third kappa shape index (κ3) is 3.52. The zero-order valence-corrected chi connectivity index (χ0v) is 10.2. The van der Waals surface area contributed by atoms with Crippen LogP contribution in [0.3, 0.4) is 0 Å². The van der Waals surface area contributed by atoms with Gasteiger partial charge < -0.3 is 9.47 Å². The van der Waals surface area contributed by atoms with Gasteiger partial charge in [-0.25, -0.2) is 0 Å². The third-order valence-electron chi connectivity index (χ3n) is 3.26. The third-order valence-corrected chi connectivity index (χ3v) is 3.26. The molecule has 1 rings (SSSR count). The first-order valence-electron chi connectivity index (χ1n) is 5.73. The molecule has 3 atom stereocenters. The minimum atomic E-state index is -0.0588. The Kier molecular flexibility index (Phi) is 5.14. The summed E-state index contributed by atoms with van der Waals surface area (Å²) in [6, 6.07) is 0. The minimum Gasteiger partial charge on any atom is -0.378 e. The summed E-state index contributed by atoms with van der Waals surface area (Å²) in [7, 11) is 3.45. The van der Waals surface area contributed by atoms with Crippen LogP contribution in [0.5, 0.6) is 0 Å². The van der Waals surface area contributed by atoms with E-state index in [4.69, 9.17) is 9.47 Å². The van der Waals surface area contributed by atoms with Gasteiger partial charge in [0.25, 0.3) is 0 Å². The highest BCUT2D eigenvalue weighted by Crippen LogP contribution is 2.26. The van der Waals surface area contributed by atoms with Gasteiger partial charge in [0.15, 0.2) is 0 Å². The van der Waals surface area contributed by atoms with Crippen LogP contribution in [-0.4, -0.2) is 26.4 Å². The van der Waals surface area contributed by atoms with Crippen molar-refractivity contribution >= 4 is 0 Å². The fraction of sp³-hybridized carbons (Fsp3) is 0.846. The molecule has 0 N–H and O–H groups in total. The van der Waals surface area contributed by atoms with Gasteiger partial charge in [0.1, 0.15) is 6.10 Å². The predicted molar refractivity (Wildman–Crippen MR) is 61.5 cm³/mol. The van der Waals surface area contributed by atoms with Gasteiger partial charge in [-0.2, -0.15) is 0 Å². The van der Waals surface area contributed by atoms with Crippen molar-refractivity contribution in [3.05, 3.63) is 0 Å². The van der Waals surface area contributed by atoms with Crippen LogP contribution in [0, 0.1) is 23.7 Å². The van der Waals surface area contributed by atoms with Crippen LogP contribution in [-0.2, 0) is 9.47 Å². The number of hydrogen-bond donors (Lipinski definition) is 0. The predicted octanol–water partition coefficient (Wildman–Crippen LogP) is 2.48. The number of methoxy groups -OCH3 is 2. The van der Waals surface area contributed by atoms with Gasteiger partial charge in [0, 0.05) is 20.6 Å². The lowest BCUT2D eigenvalue weighted by atomic mass is 9.84. The van der Waals surface area contributed by atoms with Gasteiger partial charge in [-0.1, -0.05) is 19.8 Å². The lowest BCUT2D eigenvalue weighted by molar-refractivity contribution is -0.0240. The van der Waals surface area contributed by atoms with Crippen molar-refractivity contribution in [1.82, 2.24) is 0 Å². The summed E-state index contributed by atoms with van der Waals surface area (Å²) in [5.74, 6) is 7.71. The van der Waals surface area contributed by atoms with Crippen molar-refractivity contribution in [2.45, 2.75) is 45.3 Å². The molecule has 15 heavy (non-hydrogen) atoms. The first-order chi connectivity index (χ1) is 7.19. The Balaban J connectivity index is 2.72. The maximum Gasteiger partial charge on any atom is 0.143 e. The molecule has 0 radical (unpaired) electrons. The van der Waals surface area contributed by atoms with Crippen LogP contribution in [0.15, 0.2) is 0 Å². The van der Waals surface area contributed by atoms with E-state index in [2.05, 4.69) is 25.7 Å². The Morgan fingerprint density at radius 2 is 1.93 bits per heavy atom. The summed E-state index contributed by atoms with van der Waals surface area (Å²) >= 11 is 0. The van der Waals surface area contributed by atoms with Crippen LogP contribution in [0.25, 0.3) is 0 Å². The first-order valence-corrected chi connectivity index (χ1v) is 5.73. The standard InChI is InChI=1S/C13H22O2/c1-10(2)11-7-5-6-8-12(14-3)13(9-11)15-4/h10-13H,5,7,9H2,1-4H3. The van der Waals surface area contributed by atoms with E-state index in [0.29, 0.717) is 11.8 Å². The Morgan fingerprint density at radius 1 is 1.20 bits per heavy atom. The molecule has 0 aromatic carbocycles. The molecule has 0 aromatic heterocycles. The van der Waals surface area contributed by atoms with Crippen LogP contribution in [0.1, 0.15) is 33.1 Å². The van der Waals surface area contributed by atoms with Crippen LogP contribution >= 0.6 is 0 Å². The Labute approximate surface area is 93.3 Å². The average molecular weight is 210 g/mol. The monoisotopic (exact) mass is 210 g/mol. The van der Waals surface area contributed by atoms with Crippen LogP contribution < -0.4 is 0 Å². The summed E-state index contributed by atoms with van der Waals surface area (Å²) < 4.78 is 10.8. The largest absolute Gasteiger partial charge is 0.378 e. The van der Waals surface area contributed by atoms with E-state index in [9.17, 15) is 0 Å². The lowest BCUT2D eigenvalue weighted by Gasteiger charge is -2.29. The lowest BCUT2D eigenvalue weighted by Crippen LogP contribution is -2.33. The van der Waals surface area contributed by atoms with Crippen molar-refractivity contribution in [3.8, 4) is 11.8 Å². The van der Waals surface area contributed by atoms with E-state index in [0.717, 1.165) is 12.8 Å². The molecule has 0 saturated heterocycles. The van der Waals surface area contributed by atoms with Gasteiger partial charge in [0.05, 0.1) is 6.10 Å². The molecule has 0 bridgehead atoms. The first kappa shape index (κ1) is 12.5. The quantitative estimate of drug-likeness (QED) is 0.666. The molecule has 0 spiro atoms. The van der Waals surface area contributed by atoms with Crippen LogP contribution in [0.4, 0.5) is 0 Å². The van der Waals surface area contributed by atoms with Crippen molar-refractivity contribution in [1.29, 1.82) is 0 Å². The molecule has 0 amide bonds. The summed E-state index contributed by atoms with van der Waals surface area (Å²) in [6.07, 6.45) is 3.29. The summed E-state index contributed by atoms with van der Waals surface area (Å²) in [5, 5.41) is 0. The highest BCUT2D eigenvalue weighted by Gasteiger charge is 2.26. The van der Waals surface area contributed by atoms with Crippen molar-refractivity contribution in [2.75, 3.05) is 14.2 Å². The molecule has 86 valence electrons. The topological polar surface area (TPSA) is 18.5 Å². The molecule has 3 unspecified atom stereocenters. The molecule has 1 aliphatic rings. The fourth-order valence-electron chi connectivity index (χ4n) is 2.10. The zero-order valence-electron chi connectivity index (χ0n) is 10.2. The SMILES string of the molecule is COC1C#CCCC(C(C)C)CC1OC. The Bertz CT molecular complexity index is 237. The molecule has 0 heterocycles. The van der Waals surface area contributed by atoms with E-state index < -0.39 is 0 Å². The molecule has 2 nitrogen and oxygen atoms in total. The number of rotatable bonds is 3. The van der Waals surface area contributed by atoms with E-state index in [-0.39, 0.29) is 12.2 Å². The van der Waals surface area contributed by atoms with E-state index >= 15 is 0 Å². The van der Waals surface area contributed by atoms with Gasteiger partial charge in [0.2, 0.25) is 0 Å². The normalized spacial score (nSPS) is 31.7. The second-order valence-electron chi connectivity index (χ2n) is 4.53. The summed E-state index contributed by atoms with van der Waals surface area (Å²) in [6.45, 7) is 4.54. The summed E-state index contributed by atoms with van der Waals surface area (Å²) in [5.41, 5.74) is 0. The van der Waals surface area contributed by atoms with Crippen molar-refractivity contribution in [3.63, 3.8) is 0 Å². The smallest absolute Gasteiger partial charge is 0.143 e. The Hall–Kier alpha value is -0.520. The van der Waals surface area contributed by atoms with Crippen LogP contribution in [0.2, 0.25) is 0 Å². The van der Waals surface area contributed by atoms with Crippen molar-refractivity contribution < 1.29 is 9.47 Å². The Morgan fingerprint density at radius 3 is 2.47 bits per heavy atom. The van der Waals surface area contributed by atoms with Gasteiger partial charge in [-0.3, -0.25) is 0 Å². The molecule has 2 heteroatoms. The summed E-state index contributed by atoms with van der Waals surface area (Å²) in [4.78, 5) is 0. The van der Waals surface area contributed by atoms with Gasteiger partial charge >= 0.3 is 0 Å². The highest BCUT2D eigenvalue weighted by molar-refractivity contribution is 5.09. The van der Waals surface area contributed by atoms with E-state index in [1.165, 1.54) is 6.42 Å². The number of ether oxygens (including phenoxy) is 2. The molecular formula is C13H22O2. The second-order valence-corrected chi connectivity index (χ2v) is 4.53. The zero-order chi connectivity index (χ0) is 11.3. The van der Waals surface area contributed by atoms with Gasteiger partial charge in [-0.15, -0.1) is 5.92 Å².